The average molecular weight is 417 g/mol. The maximum atomic E-state index is 13.0. The summed E-state index contributed by atoms with van der Waals surface area (Å²) in [6, 6.07) is 15.0. The summed E-state index contributed by atoms with van der Waals surface area (Å²) in [4.78, 5) is 21.8. The second-order valence-electron chi connectivity index (χ2n) is 7.42. The highest BCUT2D eigenvalue weighted by atomic mass is 19.4. The van der Waals surface area contributed by atoms with Gasteiger partial charge in [0.15, 0.2) is 0 Å². The fraction of sp³-hybridized carbons (Fsp3) is 0.333. The number of rotatable bonds is 5. The average Bonchev–Trinajstić information content (AvgIpc) is 3.17. The Bertz CT molecular complexity index is 1030. The predicted octanol–water partition coefficient (Wildman–Crippen LogP) is 3.54. The number of amides is 1. The second kappa shape index (κ2) is 7.89. The van der Waals surface area contributed by atoms with Gasteiger partial charge in [0.05, 0.1) is 11.0 Å². The first kappa shape index (κ1) is 20.1. The van der Waals surface area contributed by atoms with Crippen molar-refractivity contribution in [2.75, 3.05) is 29.4 Å². The van der Waals surface area contributed by atoms with Crippen LogP contribution in [0.3, 0.4) is 0 Å². The van der Waals surface area contributed by atoms with E-state index in [1.165, 1.54) is 0 Å². The molecule has 1 aliphatic heterocycles. The van der Waals surface area contributed by atoms with Crippen LogP contribution in [0.2, 0.25) is 0 Å². The molecular weight excluding hydrogens is 395 g/mol. The molecule has 3 aromatic rings. The number of carbonyl (C=O) groups excluding carboxylic acids is 1. The molecule has 1 saturated heterocycles. The standard InChI is InChI=1S/C21H22F3N5O/c22-21(23,24)20-26-17-8-6-15(12-18(17)27-20)29-11-10-28(14-4-2-1-3-5-14)13-16(29)7-9-19(25)30/h1-6,8,12,16H,7,9-11,13H2,(H2,25,30)(H,26,27). The molecule has 1 unspecified atom stereocenters. The molecule has 1 fully saturated rings. The van der Waals surface area contributed by atoms with Gasteiger partial charge in [-0.3, -0.25) is 4.79 Å². The van der Waals surface area contributed by atoms with Crippen molar-refractivity contribution in [2.45, 2.75) is 25.1 Å². The first-order valence-corrected chi connectivity index (χ1v) is 9.73. The fourth-order valence-electron chi connectivity index (χ4n) is 3.94. The summed E-state index contributed by atoms with van der Waals surface area (Å²) in [5.74, 6) is -1.38. The number of piperazine rings is 1. The molecule has 158 valence electrons. The molecule has 0 aliphatic carbocycles. The number of anilines is 2. The van der Waals surface area contributed by atoms with E-state index in [0.717, 1.165) is 17.9 Å². The molecule has 0 radical (unpaired) electrons. The topological polar surface area (TPSA) is 78.2 Å². The normalized spacial score (nSPS) is 17.5. The Kier molecular flexibility index (Phi) is 5.27. The lowest BCUT2D eigenvalue weighted by Gasteiger charge is -2.44. The predicted molar refractivity (Wildman–Crippen MR) is 109 cm³/mol. The van der Waals surface area contributed by atoms with Crippen molar-refractivity contribution in [1.82, 2.24) is 9.97 Å². The number of nitrogens with one attached hydrogen (secondary N) is 1. The van der Waals surface area contributed by atoms with Crippen LogP contribution < -0.4 is 15.5 Å². The van der Waals surface area contributed by atoms with E-state index in [0.29, 0.717) is 25.0 Å². The van der Waals surface area contributed by atoms with E-state index < -0.39 is 12.0 Å². The van der Waals surface area contributed by atoms with Crippen LogP contribution in [0.25, 0.3) is 11.0 Å². The molecule has 30 heavy (non-hydrogen) atoms. The molecule has 9 heteroatoms. The number of aromatic amines is 1. The van der Waals surface area contributed by atoms with Crippen LogP contribution in [-0.4, -0.2) is 41.6 Å². The van der Waals surface area contributed by atoms with Crippen LogP contribution in [0.1, 0.15) is 18.7 Å². The minimum absolute atomic E-state index is 0.00564. The minimum atomic E-state index is -4.52. The molecule has 6 nitrogen and oxygen atoms in total. The van der Waals surface area contributed by atoms with Crippen molar-refractivity contribution >= 4 is 28.3 Å². The molecule has 1 aliphatic rings. The number of benzene rings is 2. The zero-order valence-corrected chi connectivity index (χ0v) is 16.2. The van der Waals surface area contributed by atoms with E-state index in [1.54, 1.807) is 18.2 Å². The van der Waals surface area contributed by atoms with E-state index in [9.17, 15) is 18.0 Å². The van der Waals surface area contributed by atoms with Gasteiger partial charge >= 0.3 is 6.18 Å². The molecule has 1 aromatic heterocycles. The number of hydrogen-bond donors (Lipinski definition) is 2. The Hall–Kier alpha value is -3.23. The lowest BCUT2D eigenvalue weighted by Crippen LogP contribution is -2.53. The Morgan fingerprint density at radius 1 is 1.13 bits per heavy atom. The van der Waals surface area contributed by atoms with Crippen LogP contribution >= 0.6 is 0 Å². The number of para-hydroxylation sites is 1. The third-order valence-corrected chi connectivity index (χ3v) is 5.39. The van der Waals surface area contributed by atoms with Crippen LogP contribution in [0, 0.1) is 0 Å². The lowest BCUT2D eigenvalue weighted by molar-refractivity contribution is -0.144. The lowest BCUT2D eigenvalue weighted by atomic mass is 10.0. The summed E-state index contributed by atoms with van der Waals surface area (Å²) < 4.78 is 38.9. The molecule has 0 saturated carbocycles. The molecule has 4 rings (SSSR count). The number of nitrogens with two attached hydrogens (primary N) is 1. The third kappa shape index (κ3) is 4.19. The monoisotopic (exact) mass is 417 g/mol. The van der Waals surface area contributed by atoms with Crippen LogP contribution in [0.15, 0.2) is 48.5 Å². The molecular formula is C21H22F3N5O. The summed E-state index contributed by atoms with van der Waals surface area (Å²) in [6.07, 6.45) is -3.72. The van der Waals surface area contributed by atoms with Gasteiger partial charge in [0.25, 0.3) is 0 Å². The molecule has 1 atom stereocenters. The Balaban J connectivity index is 1.61. The second-order valence-corrected chi connectivity index (χ2v) is 7.42. The van der Waals surface area contributed by atoms with E-state index in [1.807, 2.05) is 30.3 Å². The number of fused-ring (bicyclic) bond motifs is 1. The fourth-order valence-corrected chi connectivity index (χ4v) is 3.94. The van der Waals surface area contributed by atoms with Gasteiger partial charge in [0, 0.05) is 43.5 Å². The van der Waals surface area contributed by atoms with Gasteiger partial charge in [-0.1, -0.05) is 18.2 Å². The van der Waals surface area contributed by atoms with E-state index in [4.69, 9.17) is 5.73 Å². The van der Waals surface area contributed by atoms with Gasteiger partial charge < -0.3 is 20.5 Å². The van der Waals surface area contributed by atoms with Crippen LogP contribution in [0.4, 0.5) is 24.5 Å². The number of halogens is 3. The molecule has 2 aromatic carbocycles. The van der Waals surface area contributed by atoms with Gasteiger partial charge in [-0.05, 0) is 36.8 Å². The van der Waals surface area contributed by atoms with Crippen molar-refractivity contribution < 1.29 is 18.0 Å². The summed E-state index contributed by atoms with van der Waals surface area (Å²) in [5, 5.41) is 0. The van der Waals surface area contributed by atoms with Crippen LogP contribution in [0.5, 0.6) is 0 Å². The highest BCUT2D eigenvalue weighted by molar-refractivity contribution is 5.80. The molecule has 2 heterocycles. The maximum Gasteiger partial charge on any atom is 0.449 e. The van der Waals surface area contributed by atoms with E-state index in [-0.39, 0.29) is 23.9 Å². The van der Waals surface area contributed by atoms with Gasteiger partial charge in [-0.2, -0.15) is 13.2 Å². The number of H-pyrrole nitrogens is 1. The van der Waals surface area contributed by atoms with Gasteiger partial charge in [-0.25, -0.2) is 4.98 Å². The number of aromatic nitrogens is 2. The number of primary amides is 1. The zero-order chi connectivity index (χ0) is 21.3. The van der Waals surface area contributed by atoms with Crippen molar-refractivity contribution in [2.24, 2.45) is 5.73 Å². The Morgan fingerprint density at radius 3 is 2.60 bits per heavy atom. The third-order valence-electron chi connectivity index (χ3n) is 5.39. The van der Waals surface area contributed by atoms with E-state index >= 15 is 0 Å². The largest absolute Gasteiger partial charge is 0.449 e. The summed E-state index contributed by atoms with van der Waals surface area (Å²) in [6.45, 7) is 2.11. The van der Waals surface area contributed by atoms with Gasteiger partial charge in [0.2, 0.25) is 11.7 Å². The summed E-state index contributed by atoms with van der Waals surface area (Å²) >= 11 is 0. The Morgan fingerprint density at radius 2 is 1.90 bits per heavy atom. The van der Waals surface area contributed by atoms with Gasteiger partial charge in [-0.15, -0.1) is 0 Å². The number of carbonyl (C=O) groups is 1. The highest BCUT2D eigenvalue weighted by Gasteiger charge is 2.35. The smallest absolute Gasteiger partial charge is 0.370 e. The molecule has 3 N–H and O–H groups in total. The van der Waals surface area contributed by atoms with Crippen molar-refractivity contribution in [3.63, 3.8) is 0 Å². The van der Waals surface area contributed by atoms with Crippen LogP contribution in [-0.2, 0) is 11.0 Å². The zero-order valence-electron chi connectivity index (χ0n) is 16.2. The number of imidazole rings is 1. The number of nitrogens with zero attached hydrogens (tertiary/aromatic N) is 3. The molecule has 1 amide bonds. The Labute approximate surface area is 171 Å². The quantitative estimate of drug-likeness (QED) is 0.666. The SMILES string of the molecule is NC(=O)CCC1CN(c2ccccc2)CCN1c1ccc2nc(C(F)(F)F)[nH]c2c1. The number of alkyl halides is 3. The van der Waals surface area contributed by atoms with Crippen molar-refractivity contribution in [3.05, 3.63) is 54.4 Å². The van der Waals surface area contributed by atoms with Crippen molar-refractivity contribution in [1.29, 1.82) is 0 Å². The minimum Gasteiger partial charge on any atom is -0.370 e. The van der Waals surface area contributed by atoms with E-state index in [2.05, 4.69) is 19.8 Å². The first-order valence-electron chi connectivity index (χ1n) is 9.73. The summed E-state index contributed by atoms with van der Waals surface area (Å²) in [5.41, 5.74) is 7.86. The molecule has 0 spiro atoms. The van der Waals surface area contributed by atoms with Crippen molar-refractivity contribution in [3.8, 4) is 0 Å². The maximum absolute atomic E-state index is 13.0. The molecule has 0 bridgehead atoms. The first-order chi connectivity index (χ1) is 14.3. The highest BCUT2D eigenvalue weighted by Crippen LogP contribution is 2.31. The number of hydrogen-bond acceptors (Lipinski definition) is 4. The summed E-state index contributed by atoms with van der Waals surface area (Å²) in [7, 11) is 0. The van der Waals surface area contributed by atoms with Gasteiger partial charge in [0.1, 0.15) is 0 Å².